The van der Waals surface area contributed by atoms with Crippen LogP contribution in [0.1, 0.15) is 54.9 Å². The van der Waals surface area contributed by atoms with Gasteiger partial charge < -0.3 is 14.6 Å². The Morgan fingerprint density at radius 1 is 1.20 bits per heavy atom. The fourth-order valence-corrected chi connectivity index (χ4v) is 5.56. The first kappa shape index (κ1) is 24.0. The van der Waals surface area contributed by atoms with Crippen molar-refractivity contribution in [1.82, 2.24) is 24.6 Å². The highest BCUT2D eigenvalue weighted by Gasteiger charge is 2.28. The summed E-state index contributed by atoms with van der Waals surface area (Å²) in [6.45, 7) is 9.16. The molecule has 0 spiro atoms. The molecule has 35 heavy (non-hydrogen) atoms. The molecular weight excluding hydrogens is 442 g/mol. The minimum absolute atomic E-state index is 0.0692. The maximum Gasteiger partial charge on any atom is 0.259 e. The van der Waals surface area contributed by atoms with Gasteiger partial charge in [0.05, 0.1) is 22.6 Å². The van der Waals surface area contributed by atoms with Crippen molar-refractivity contribution in [1.29, 1.82) is 0 Å². The predicted octanol–water partition coefficient (Wildman–Crippen LogP) is 3.56. The fourth-order valence-electron chi connectivity index (χ4n) is 5.56. The Morgan fingerprint density at radius 2 is 2.03 bits per heavy atom. The number of methoxy groups -OCH3 is 1. The van der Waals surface area contributed by atoms with Crippen LogP contribution in [0.2, 0.25) is 0 Å². The summed E-state index contributed by atoms with van der Waals surface area (Å²) in [7, 11) is 1.74. The van der Waals surface area contributed by atoms with Gasteiger partial charge in [0.2, 0.25) is 0 Å². The molecule has 0 bridgehead atoms. The second-order valence-corrected chi connectivity index (χ2v) is 10.4. The number of rotatable bonds is 8. The summed E-state index contributed by atoms with van der Waals surface area (Å²) in [4.78, 5) is 33.9. The number of unbranched alkanes of at least 4 members (excludes halogenated alkanes) is 1. The van der Waals surface area contributed by atoms with Crippen LogP contribution < -0.4 is 5.56 Å². The third kappa shape index (κ3) is 4.74. The van der Waals surface area contributed by atoms with Crippen LogP contribution in [-0.2, 0) is 11.3 Å². The standard InChI is InChI=1S/C27H37N5O3/c1-18-13-24-22(25-23(26(33)29-24)15-28-32(25)17-20-7-6-8-20)14-21(18)27(34)31-11-10-30(19(2)16-31)9-4-5-12-35-3/h13-15,19-20H,4-12,16-17H2,1-3H3,(H,29,33)/t19-/m0/s1. The number of hydrogen-bond acceptors (Lipinski definition) is 5. The molecule has 1 aromatic carbocycles. The van der Waals surface area contributed by atoms with E-state index in [1.165, 1.54) is 19.3 Å². The van der Waals surface area contributed by atoms with Crippen LogP contribution in [0, 0.1) is 12.8 Å². The number of ether oxygens (including phenoxy) is 1. The van der Waals surface area contributed by atoms with Crippen molar-refractivity contribution < 1.29 is 9.53 Å². The zero-order valence-electron chi connectivity index (χ0n) is 21.2. The van der Waals surface area contributed by atoms with E-state index in [-0.39, 0.29) is 11.5 Å². The normalized spacial score (nSPS) is 19.5. The predicted molar refractivity (Wildman–Crippen MR) is 138 cm³/mol. The van der Waals surface area contributed by atoms with Gasteiger partial charge in [-0.1, -0.05) is 6.42 Å². The highest BCUT2D eigenvalue weighted by Crippen LogP contribution is 2.31. The number of H-pyrrole nitrogens is 1. The number of fused-ring (bicyclic) bond motifs is 3. The summed E-state index contributed by atoms with van der Waals surface area (Å²) >= 11 is 0. The SMILES string of the molecule is COCCCCN1CCN(C(=O)c2cc3c(cc2C)[nH]c(=O)c2cnn(CC4CCC4)c23)C[C@@H]1C. The van der Waals surface area contributed by atoms with Gasteiger partial charge in [-0.2, -0.15) is 5.10 Å². The van der Waals surface area contributed by atoms with Crippen molar-refractivity contribution in [2.75, 3.05) is 39.9 Å². The van der Waals surface area contributed by atoms with Crippen LogP contribution in [0.15, 0.2) is 23.1 Å². The number of piperazine rings is 1. The molecule has 3 aromatic rings. The lowest BCUT2D eigenvalue weighted by molar-refractivity contribution is 0.0505. The molecule has 5 rings (SSSR count). The Labute approximate surface area is 206 Å². The van der Waals surface area contributed by atoms with Crippen LogP contribution in [0.5, 0.6) is 0 Å². The third-order valence-corrected chi connectivity index (χ3v) is 7.93. The van der Waals surface area contributed by atoms with Gasteiger partial charge in [-0.05, 0) is 69.7 Å². The van der Waals surface area contributed by atoms with E-state index >= 15 is 0 Å². The highest BCUT2D eigenvalue weighted by molar-refractivity contribution is 6.07. The zero-order chi connectivity index (χ0) is 24.5. The van der Waals surface area contributed by atoms with Gasteiger partial charge in [-0.25, -0.2) is 0 Å². The number of aryl methyl sites for hydroxylation is 1. The maximum atomic E-state index is 13.7. The first-order valence-corrected chi connectivity index (χ1v) is 13.0. The molecule has 1 aliphatic heterocycles. The Balaban J connectivity index is 1.41. The highest BCUT2D eigenvalue weighted by atomic mass is 16.5. The van der Waals surface area contributed by atoms with Crippen molar-refractivity contribution in [3.63, 3.8) is 0 Å². The van der Waals surface area contributed by atoms with Gasteiger partial charge in [0, 0.05) is 56.9 Å². The molecule has 2 aromatic heterocycles. The molecule has 1 saturated heterocycles. The summed E-state index contributed by atoms with van der Waals surface area (Å²) in [5.41, 5.74) is 3.08. The average Bonchev–Trinajstić information content (AvgIpc) is 3.24. The van der Waals surface area contributed by atoms with Crippen LogP contribution in [0.3, 0.4) is 0 Å². The Kier molecular flexibility index (Phi) is 6.93. The van der Waals surface area contributed by atoms with Crippen molar-refractivity contribution in [2.45, 2.75) is 58.5 Å². The van der Waals surface area contributed by atoms with Crippen molar-refractivity contribution in [2.24, 2.45) is 5.92 Å². The van der Waals surface area contributed by atoms with Gasteiger partial charge in [0.25, 0.3) is 11.5 Å². The summed E-state index contributed by atoms with van der Waals surface area (Å²) < 4.78 is 7.14. The Morgan fingerprint density at radius 3 is 2.74 bits per heavy atom. The number of nitrogens with zero attached hydrogens (tertiary/aromatic N) is 4. The van der Waals surface area contributed by atoms with Crippen LogP contribution >= 0.6 is 0 Å². The van der Waals surface area contributed by atoms with Crippen LogP contribution in [-0.4, -0.2) is 76.4 Å². The van der Waals surface area contributed by atoms with E-state index in [4.69, 9.17) is 4.74 Å². The largest absolute Gasteiger partial charge is 0.385 e. The van der Waals surface area contributed by atoms with Crippen LogP contribution in [0.25, 0.3) is 21.8 Å². The van der Waals surface area contributed by atoms with Crippen LogP contribution in [0.4, 0.5) is 0 Å². The van der Waals surface area contributed by atoms with Gasteiger partial charge in [-0.15, -0.1) is 0 Å². The number of carbonyl (C=O) groups is 1. The van der Waals surface area contributed by atoms with E-state index < -0.39 is 0 Å². The van der Waals surface area contributed by atoms with E-state index in [0.29, 0.717) is 22.9 Å². The van der Waals surface area contributed by atoms with Gasteiger partial charge in [-0.3, -0.25) is 19.2 Å². The summed E-state index contributed by atoms with van der Waals surface area (Å²) in [5, 5.41) is 6.05. The van der Waals surface area contributed by atoms with Gasteiger partial charge in [0.1, 0.15) is 0 Å². The lowest BCUT2D eigenvalue weighted by Gasteiger charge is -2.40. The summed E-state index contributed by atoms with van der Waals surface area (Å²) in [5.74, 6) is 0.686. The van der Waals surface area contributed by atoms with Gasteiger partial charge >= 0.3 is 0 Å². The topological polar surface area (TPSA) is 83.5 Å². The van der Waals surface area contributed by atoms with E-state index in [2.05, 4.69) is 21.9 Å². The molecule has 1 aliphatic carbocycles. The Bertz CT molecular complexity index is 1280. The molecule has 1 amide bonds. The molecule has 1 atom stereocenters. The second kappa shape index (κ2) is 10.1. The monoisotopic (exact) mass is 479 g/mol. The maximum absolute atomic E-state index is 13.7. The fraction of sp³-hybridized carbons (Fsp3) is 0.593. The summed E-state index contributed by atoms with van der Waals surface area (Å²) in [6, 6.07) is 4.24. The molecule has 8 heteroatoms. The van der Waals surface area contributed by atoms with Crippen molar-refractivity contribution in [3.05, 3.63) is 39.8 Å². The number of benzene rings is 1. The average molecular weight is 480 g/mol. The van der Waals surface area contributed by atoms with Crippen molar-refractivity contribution >= 4 is 27.7 Å². The first-order valence-electron chi connectivity index (χ1n) is 13.0. The molecule has 2 aliphatic rings. The Hall–Kier alpha value is -2.71. The van der Waals surface area contributed by atoms with E-state index in [0.717, 1.165) is 74.2 Å². The minimum Gasteiger partial charge on any atom is -0.385 e. The number of pyridine rings is 1. The molecule has 188 valence electrons. The van der Waals surface area contributed by atoms with Crippen molar-refractivity contribution in [3.8, 4) is 0 Å². The van der Waals surface area contributed by atoms with E-state index in [9.17, 15) is 9.59 Å². The lowest BCUT2D eigenvalue weighted by Crippen LogP contribution is -2.53. The first-order chi connectivity index (χ1) is 17.0. The number of aromatic nitrogens is 3. The molecule has 2 fully saturated rings. The quantitative estimate of drug-likeness (QED) is 0.500. The molecule has 1 saturated carbocycles. The molecule has 3 heterocycles. The number of nitrogens with one attached hydrogen (secondary N) is 1. The molecule has 0 radical (unpaired) electrons. The molecule has 8 nitrogen and oxygen atoms in total. The molecule has 0 unspecified atom stereocenters. The minimum atomic E-state index is -0.124. The number of amides is 1. The smallest absolute Gasteiger partial charge is 0.259 e. The van der Waals surface area contributed by atoms with Gasteiger partial charge in [0.15, 0.2) is 0 Å². The van der Waals surface area contributed by atoms with E-state index in [1.54, 1.807) is 13.3 Å². The molecule has 1 N–H and O–H groups in total. The number of hydrogen-bond donors (Lipinski definition) is 1. The zero-order valence-corrected chi connectivity index (χ0v) is 21.2. The molecular formula is C27H37N5O3. The second-order valence-electron chi connectivity index (χ2n) is 10.4. The lowest BCUT2D eigenvalue weighted by atomic mass is 9.85. The number of carbonyl (C=O) groups excluding carboxylic acids is 1. The summed E-state index contributed by atoms with van der Waals surface area (Å²) in [6.07, 6.45) is 7.53. The van der Waals surface area contributed by atoms with E-state index in [1.807, 2.05) is 28.6 Å². The number of aromatic amines is 1. The third-order valence-electron chi connectivity index (χ3n) is 7.93.